The molecule has 1 aromatic rings. The molecular weight excluding hydrogens is 348 g/mol. The smallest absolute Gasteiger partial charge is 0.236 e. The first kappa shape index (κ1) is 18.9. The Balaban J connectivity index is 1.37. The van der Waals surface area contributed by atoms with E-state index in [1.54, 1.807) is 6.21 Å². The van der Waals surface area contributed by atoms with Crippen molar-refractivity contribution in [3.8, 4) is 5.75 Å². The number of hydrogen-bond acceptors (Lipinski definition) is 6. The van der Waals surface area contributed by atoms with Gasteiger partial charge >= 0.3 is 0 Å². The van der Waals surface area contributed by atoms with Crippen molar-refractivity contribution < 1.29 is 9.53 Å². The number of thioether (sulfide) groups is 1. The maximum atomic E-state index is 11.1. The number of carbonyl (C=O) groups excluding carboxylic acids is 1. The Morgan fingerprint density at radius 3 is 2.96 bits per heavy atom. The van der Waals surface area contributed by atoms with E-state index in [0.717, 1.165) is 36.8 Å². The molecule has 0 spiro atoms. The minimum Gasteiger partial charge on any atom is -0.494 e. The summed E-state index contributed by atoms with van der Waals surface area (Å²) in [6.45, 7) is 6.64. The molecule has 1 N–H and O–H groups in total. The Hall–Kier alpha value is -1.86. The lowest BCUT2D eigenvalue weighted by atomic mass is 10.0. The first-order chi connectivity index (χ1) is 12.7. The molecule has 2 fully saturated rings. The number of carbonyl (C=O) groups is 1. The van der Waals surface area contributed by atoms with E-state index < -0.39 is 0 Å². The van der Waals surface area contributed by atoms with Crippen molar-refractivity contribution >= 4 is 29.1 Å². The number of hydrogen-bond donors (Lipinski definition) is 1. The molecule has 2 saturated heterocycles. The van der Waals surface area contributed by atoms with Gasteiger partial charge in [-0.15, -0.1) is 5.10 Å². The van der Waals surface area contributed by atoms with E-state index in [-0.39, 0.29) is 5.91 Å². The summed E-state index contributed by atoms with van der Waals surface area (Å²) in [5, 5.41) is 11.2. The molecule has 0 radical (unpaired) electrons. The topological polar surface area (TPSA) is 66.3 Å². The highest BCUT2D eigenvalue weighted by Gasteiger charge is 2.16. The maximum absolute atomic E-state index is 11.1. The predicted molar refractivity (Wildman–Crippen MR) is 107 cm³/mol. The molecule has 2 aliphatic rings. The average Bonchev–Trinajstić information content (AvgIpc) is 3.05. The molecule has 6 nitrogen and oxygen atoms in total. The summed E-state index contributed by atoms with van der Waals surface area (Å²) >= 11 is 1.36. The third kappa shape index (κ3) is 6.14. The quantitative estimate of drug-likeness (QED) is 0.453. The fraction of sp³-hybridized carbons (Fsp3) is 0.526. The van der Waals surface area contributed by atoms with Crippen LogP contribution >= 0.6 is 11.8 Å². The van der Waals surface area contributed by atoms with Crippen LogP contribution in [0.1, 0.15) is 31.7 Å². The van der Waals surface area contributed by atoms with Crippen molar-refractivity contribution in [2.45, 2.75) is 26.2 Å². The van der Waals surface area contributed by atoms with Crippen LogP contribution in [-0.4, -0.2) is 54.2 Å². The molecule has 140 valence electrons. The van der Waals surface area contributed by atoms with Gasteiger partial charge in [-0.3, -0.25) is 4.79 Å². The van der Waals surface area contributed by atoms with Gasteiger partial charge in [0.2, 0.25) is 5.91 Å². The number of nitrogens with zero attached hydrogens (tertiary/aromatic N) is 3. The van der Waals surface area contributed by atoms with E-state index >= 15 is 0 Å². The van der Waals surface area contributed by atoms with Gasteiger partial charge in [0.05, 0.1) is 18.6 Å². The van der Waals surface area contributed by atoms with Gasteiger partial charge in [-0.25, -0.2) is 0 Å². The molecule has 1 atom stereocenters. The van der Waals surface area contributed by atoms with Crippen molar-refractivity contribution in [1.82, 2.24) is 10.2 Å². The minimum atomic E-state index is -0.0275. The normalized spacial score (nSPS) is 22.9. The zero-order chi connectivity index (χ0) is 18.2. The molecule has 2 aliphatic heterocycles. The fourth-order valence-electron chi connectivity index (χ4n) is 3.15. The Bertz CT molecular complexity index is 660. The van der Waals surface area contributed by atoms with Crippen molar-refractivity contribution in [1.29, 1.82) is 0 Å². The van der Waals surface area contributed by atoms with Crippen LogP contribution in [-0.2, 0) is 4.79 Å². The largest absolute Gasteiger partial charge is 0.494 e. The number of amidine groups is 1. The van der Waals surface area contributed by atoms with Crippen molar-refractivity contribution in [3.63, 3.8) is 0 Å². The average molecular weight is 375 g/mol. The molecule has 1 unspecified atom stereocenters. The number of amides is 1. The Kier molecular flexibility index (Phi) is 7.08. The summed E-state index contributed by atoms with van der Waals surface area (Å²) < 4.78 is 5.83. The lowest BCUT2D eigenvalue weighted by molar-refractivity contribution is -0.116. The predicted octanol–water partition coefficient (Wildman–Crippen LogP) is 2.74. The van der Waals surface area contributed by atoms with Crippen molar-refractivity contribution in [2.24, 2.45) is 16.1 Å². The Labute approximate surface area is 159 Å². The number of ether oxygens (including phenoxy) is 1. The summed E-state index contributed by atoms with van der Waals surface area (Å²) in [6.07, 6.45) is 5.40. The zero-order valence-electron chi connectivity index (χ0n) is 15.2. The molecular formula is C19H26N4O2S. The van der Waals surface area contributed by atoms with E-state index in [9.17, 15) is 4.79 Å². The second-order valence-electron chi connectivity index (χ2n) is 6.81. The molecule has 1 aromatic carbocycles. The van der Waals surface area contributed by atoms with Crippen molar-refractivity contribution in [2.75, 3.05) is 32.0 Å². The second-order valence-corrected chi connectivity index (χ2v) is 7.77. The van der Waals surface area contributed by atoms with Crippen LogP contribution in [0.25, 0.3) is 0 Å². The third-order valence-electron chi connectivity index (χ3n) is 4.45. The fourth-order valence-corrected chi connectivity index (χ4v) is 3.78. The summed E-state index contributed by atoms with van der Waals surface area (Å²) in [6, 6.07) is 7.80. The highest BCUT2D eigenvalue weighted by Crippen LogP contribution is 2.16. The monoisotopic (exact) mass is 374 g/mol. The van der Waals surface area contributed by atoms with Gasteiger partial charge in [0.15, 0.2) is 5.17 Å². The SMILES string of the molecule is CC1CCCN(CCCOc2ccc(C=NN=C3NC(=O)CS3)cc2)C1. The van der Waals surface area contributed by atoms with E-state index in [1.165, 1.54) is 37.7 Å². The molecule has 2 heterocycles. The maximum Gasteiger partial charge on any atom is 0.236 e. The number of benzene rings is 1. The van der Waals surface area contributed by atoms with E-state index in [1.807, 2.05) is 24.3 Å². The van der Waals surface area contributed by atoms with Crippen LogP contribution < -0.4 is 10.1 Å². The lowest BCUT2D eigenvalue weighted by Gasteiger charge is -2.30. The molecule has 0 aromatic heterocycles. The molecule has 26 heavy (non-hydrogen) atoms. The summed E-state index contributed by atoms with van der Waals surface area (Å²) in [5.41, 5.74) is 0.943. The zero-order valence-corrected chi connectivity index (χ0v) is 16.0. The highest BCUT2D eigenvalue weighted by molar-refractivity contribution is 8.15. The van der Waals surface area contributed by atoms with Gasteiger partial charge in [-0.2, -0.15) is 5.10 Å². The number of likely N-dealkylation sites (tertiary alicyclic amines) is 1. The molecule has 0 saturated carbocycles. The van der Waals surface area contributed by atoms with Gasteiger partial charge in [-0.05, 0) is 61.6 Å². The van der Waals surface area contributed by atoms with Crippen LogP contribution in [0.5, 0.6) is 5.75 Å². The van der Waals surface area contributed by atoms with Crippen LogP contribution in [0.4, 0.5) is 0 Å². The standard InChI is InChI=1S/C19H26N4O2S/c1-15-4-2-9-23(13-15)10-3-11-25-17-7-5-16(6-8-17)12-20-22-19-21-18(24)14-26-19/h5-8,12,15H,2-4,9-11,13-14H2,1H3,(H,21,22,24). The van der Waals surface area contributed by atoms with Crippen LogP contribution in [0.3, 0.4) is 0 Å². The number of piperidine rings is 1. The van der Waals surface area contributed by atoms with E-state index in [0.29, 0.717) is 10.9 Å². The second kappa shape index (κ2) is 9.73. The van der Waals surface area contributed by atoms with E-state index in [2.05, 4.69) is 27.3 Å². The van der Waals surface area contributed by atoms with Gasteiger partial charge in [0.25, 0.3) is 0 Å². The number of nitrogens with one attached hydrogen (secondary N) is 1. The van der Waals surface area contributed by atoms with Gasteiger partial charge < -0.3 is 15.0 Å². The Morgan fingerprint density at radius 1 is 1.38 bits per heavy atom. The van der Waals surface area contributed by atoms with Crippen molar-refractivity contribution in [3.05, 3.63) is 29.8 Å². The van der Waals surface area contributed by atoms with Gasteiger partial charge in [0.1, 0.15) is 5.75 Å². The van der Waals surface area contributed by atoms with Crippen LogP contribution in [0, 0.1) is 5.92 Å². The molecule has 0 bridgehead atoms. The van der Waals surface area contributed by atoms with E-state index in [4.69, 9.17) is 4.74 Å². The molecule has 3 rings (SSSR count). The van der Waals surface area contributed by atoms with Crippen LogP contribution in [0.2, 0.25) is 0 Å². The molecule has 7 heteroatoms. The van der Waals surface area contributed by atoms with Gasteiger partial charge in [-0.1, -0.05) is 18.7 Å². The Morgan fingerprint density at radius 2 is 2.23 bits per heavy atom. The lowest BCUT2D eigenvalue weighted by Crippen LogP contribution is -2.35. The first-order valence-corrected chi connectivity index (χ1v) is 10.2. The number of rotatable bonds is 7. The molecule has 0 aliphatic carbocycles. The summed E-state index contributed by atoms with van der Waals surface area (Å²) in [4.78, 5) is 13.6. The summed E-state index contributed by atoms with van der Waals surface area (Å²) in [5.74, 6) is 2.09. The van der Waals surface area contributed by atoms with Gasteiger partial charge in [0, 0.05) is 13.1 Å². The third-order valence-corrected chi connectivity index (χ3v) is 5.31. The summed E-state index contributed by atoms with van der Waals surface area (Å²) in [7, 11) is 0. The highest BCUT2D eigenvalue weighted by atomic mass is 32.2. The minimum absolute atomic E-state index is 0.0275. The first-order valence-electron chi connectivity index (χ1n) is 9.18. The molecule has 1 amide bonds. The van der Waals surface area contributed by atoms with Crippen LogP contribution in [0.15, 0.2) is 34.5 Å².